The number of nitrogens with one attached hydrogen (secondary N) is 2. The molecule has 2 amide bonds. The van der Waals surface area contributed by atoms with Crippen molar-refractivity contribution < 1.29 is 23.9 Å². The van der Waals surface area contributed by atoms with Crippen LogP contribution in [0.4, 0.5) is 11.4 Å². The van der Waals surface area contributed by atoms with Gasteiger partial charge in [0.05, 0.1) is 7.11 Å². The predicted octanol–water partition coefficient (Wildman–Crippen LogP) is 2.45. The molecule has 0 saturated carbocycles. The highest BCUT2D eigenvalue weighted by molar-refractivity contribution is 6.04. The Labute approximate surface area is 144 Å². The van der Waals surface area contributed by atoms with E-state index < -0.39 is 11.9 Å². The molecule has 0 aliphatic rings. The molecule has 0 unspecified atom stereocenters. The van der Waals surface area contributed by atoms with Crippen molar-refractivity contribution in [1.29, 1.82) is 0 Å². The van der Waals surface area contributed by atoms with E-state index >= 15 is 0 Å². The Morgan fingerprint density at radius 3 is 2.00 bits per heavy atom. The summed E-state index contributed by atoms with van der Waals surface area (Å²) in [5, 5.41) is 5.33. The number of carbonyl (C=O) groups excluding carboxylic acids is 3. The summed E-state index contributed by atoms with van der Waals surface area (Å²) in [7, 11) is 1.57. The van der Waals surface area contributed by atoms with Gasteiger partial charge >= 0.3 is 5.97 Å². The lowest BCUT2D eigenvalue weighted by atomic mass is 10.2. The molecule has 2 rings (SSSR count). The molecule has 0 fully saturated rings. The Balaban J connectivity index is 1.92. The molecule has 0 bridgehead atoms. The molecule has 7 nitrogen and oxygen atoms in total. The van der Waals surface area contributed by atoms with Gasteiger partial charge in [-0.05, 0) is 48.5 Å². The van der Waals surface area contributed by atoms with E-state index in [1.54, 1.807) is 55.6 Å². The zero-order chi connectivity index (χ0) is 18.2. The maximum atomic E-state index is 12.2. The minimum absolute atomic E-state index is 0.275. The standard InChI is InChI=1S/C18H18N2O5/c1-12(21)25-11-17(22)19-14-5-3-13(4-6-14)18(23)20-15-7-9-16(24-2)10-8-15/h3-10H,11H2,1-2H3,(H,19,22)(H,20,23). The largest absolute Gasteiger partial charge is 0.497 e. The van der Waals surface area contributed by atoms with Crippen molar-refractivity contribution in [1.82, 2.24) is 0 Å². The Morgan fingerprint density at radius 1 is 0.880 bits per heavy atom. The van der Waals surface area contributed by atoms with Crippen molar-refractivity contribution in [2.75, 3.05) is 24.4 Å². The minimum atomic E-state index is -0.527. The third-order valence-electron chi connectivity index (χ3n) is 3.19. The van der Waals surface area contributed by atoms with Crippen LogP contribution in [0, 0.1) is 0 Å². The topological polar surface area (TPSA) is 93.7 Å². The SMILES string of the molecule is COc1ccc(NC(=O)c2ccc(NC(=O)COC(C)=O)cc2)cc1. The number of esters is 1. The van der Waals surface area contributed by atoms with E-state index in [1.165, 1.54) is 6.92 Å². The monoisotopic (exact) mass is 342 g/mol. The van der Waals surface area contributed by atoms with E-state index in [4.69, 9.17) is 4.74 Å². The van der Waals surface area contributed by atoms with Gasteiger partial charge < -0.3 is 20.1 Å². The van der Waals surface area contributed by atoms with Gasteiger partial charge in [0.15, 0.2) is 6.61 Å². The second-order valence-corrected chi connectivity index (χ2v) is 5.09. The lowest BCUT2D eigenvalue weighted by Gasteiger charge is -2.08. The normalized spacial score (nSPS) is 9.84. The second-order valence-electron chi connectivity index (χ2n) is 5.09. The molecule has 0 atom stereocenters. The Morgan fingerprint density at radius 2 is 1.44 bits per heavy atom. The first-order valence-corrected chi connectivity index (χ1v) is 7.46. The first-order chi connectivity index (χ1) is 12.0. The molecule has 0 spiro atoms. The first kappa shape index (κ1) is 18.0. The van der Waals surface area contributed by atoms with Crippen LogP contribution in [0.2, 0.25) is 0 Å². The highest BCUT2D eigenvalue weighted by Crippen LogP contribution is 2.16. The van der Waals surface area contributed by atoms with Gasteiger partial charge in [-0.2, -0.15) is 0 Å². The van der Waals surface area contributed by atoms with Crippen molar-refractivity contribution in [2.45, 2.75) is 6.92 Å². The van der Waals surface area contributed by atoms with E-state index in [0.29, 0.717) is 22.7 Å². The molecule has 2 aromatic rings. The molecule has 130 valence electrons. The molecule has 25 heavy (non-hydrogen) atoms. The average Bonchev–Trinajstić information content (AvgIpc) is 2.61. The summed E-state index contributed by atoms with van der Waals surface area (Å²) >= 11 is 0. The highest BCUT2D eigenvalue weighted by atomic mass is 16.5. The number of carbonyl (C=O) groups is 3. The molecule has 0 radical (unpaired) electrons. The van der Waals surface area contributed by atoms with E-state index in [9.17, 15) is 14.4 Å². The summed E-state index contributed by atoms with van der Waals surface area (Å²) < 4.78 is 9.66. The van der Waals surface area contributed by atoms with E-state index in [1.807, 2.05) is 0 Å². The third-order valence-corrected chi connectivity index (χ3v) is 3.19. The van der Waals surface area contributed by atoms with Crippen LogP contribution < -0.4 is 15.4 Å². The molecule has 0 aromatic heterocycles. The maximum Gasteiger partial charge on any atom is 0.303 e. The fraction of sp³-hybridized carbons (Fsp3) is 0.167. The molecule has 2 aromatic carbocycles. The summed E-state index contributed by atoms with van der Waals surface area (Å²) in [4.78, 5) is 34.4. The minimum Gasteiger partial charge on any atom is -0.497 e. The van der Waals surface area contributed by atoms with Crippen molar-refractivity contribution in [3.8, 4) is 5.75 Å². The molecule has 7 heteroatoms. The summed E-state index contributed by atoms with van der Waals surface area (Å²) in [6.45, 7) is 0.874. The molecular formula is C18H18N2O5. The Kier molecular flexibility index (Phi) is 6.11. The lowest BCUT2D eigenvalue weighted by molar-refractivity contribution is -0.144. The van der Waals surface area contributed by atoms with Gasteiger partial charge in [0, 0.05) is 23.9 Å². The third kappa shape index (κ3) is 5.65. The summed E-state index contributed by atoms with van der Waals surface area (Å²) in [6.07, 6.45) is 0. The quantitative estimate of drug-likeness (QED) is 0.787. The van der Waals surface area contributed by atoms with Crippen LogP contribution in [0.25, 0.3) is 0 Å². The van der Waals surface area contributed by atoms with Crippen LogP contribution in [0.1, 0.15) is 17.3 Å². The predicted molar refractivity (Wildman–Crippen MR) is 92.7 cm³/mol. The molecule has 0 aliphatic carbocycles. The molecule has 0 heterocycles. The van der Waals surface area contributed by atoms with Crippen molar-refractivity contribution in [3.05, 3.63) is 54.1 Å². The van der Waals surface area contributed by atoms with E-state index in [-0.39, 0.29) is 12.5 Å². The number of benzene rings is 2. The molecular weight excluding hydrogens is 324 g/mol. The van der Waals surface area contributed by atoms with Gasteiger partial charge in [0.25, 0.3) is 11.8 Å². The van der Waals surface area contributed by atoms with Gasteiger partial charge in [-0.1, -0.05) is 0 Å². The second kappa shape index (κ2) is 8.49. The number of methoxy groups -OCH3 is 1. The van der Waals surface area contributed by atoms with Crippen LogP contribution in [0.15, 0.2) is 48.5 Å². The van der Waals surface area contributed by atoms with Crippen LogP contribution in [-0.4, -0.2) is 31.5 Å². The van der Waals surface area contributed by atoms with Gasteiger partial charge in [-0.3, -0.25) is 14.4 Å². The first-order valence-electron chi connectivity index (χ1n) is 7.46. The number of rotatable bonds is 6. The van der Waals surface area contributed by atoms with Crippen molar-refractivity contribution in [3.63, 3.8) is 0 Å². The number of hydrogen-bond acceptors (Lipinski definition) is 5. The van der Waals surface area contributed by atoms with Gasteiger partial charge in [0.1, 0.15) is 5.75 Å². The Hall–Kier alpha value is -3.35. The van der Waals surface area contributed by atoms with Crippen molar-refractivity contribution in [2.24, 2.45) is 0 Å². The van der Waals surface area contributed by atoms with Gasteiger partial charge in [-0.15, -0.1) is 0 Å². The summed E-state index contributed by atoms with van der Waals surface area (Å²) in [6, 6.07) is 13.3. The maximum absolute atomic E-state index is 12.2. The number of hydrogen-bond donors (Lipinski definition) is 2. The molecule has 0 saturated heterocycles. The van der Waals surface area contributed by atoms with Crippen LogP contribution in [0.5, 0.6) is 5.75 Å². The summed E-state index contributed by atoms with van der Waals surface area (Å²) in [5.41, 5.74) is 1.58. The average molecular weight is 342 g/mol. The number of anilines is 2. The van der Waals surface area contributed by atoms with Crippen LogP contribution >= 0.6 is 0 Å². The van der Waals surface area contributed by atoms with Gasteiger partial charge in [-0.25, -0.2) is 0 Å². The summed E-state index contributed by atoms with van der Waals surface area (Å²) in [5.74, 6) is -0.555. The van der Waals surface area contributed by atoms with E-state index in [2.05, 4.69) is 15.4 Å². The zero-order valence-electron chi connectivity index (χ0n) is 13.9. The highest BCUT2D eigenvalue weighted by Gasteiger charge is 2.08. The Bertz CT molecular complexity index is 754. The molecule has 2 N–H and O–H groups in total. The van der Waals surface area contributed by atoms with Crippen LogP contribution in [0.3, 0.4) is 0 Å². The fourth-order valence-corrected chi connectivity index (χ4v) is 1.95. The molecule has 0 aliphatic heterocycles. The number of ether oxygens (including phenoxy) is 2. The lowest BCUT2D eigenvalue weighted by Crippen LogP contribution is -2.20. The fourth-order valence-electron chi connectivity index (χ4n) is 1.95. The number of amides is 2. The van der Waals surface area contributed by atoms with Gasteiger partial charge in [0.2, 0.25) is 0 Å². The van der Waals surface area contributed by atoms with Crippen LogP contribution in [-0.2, 0) is 14.3 Å². The smallest absolute Gasteiger partial charge is 0.303 e. The zero-order valence-corrected chi connectivity index (χ0v) is 13.9. The van der Waals surface area contributed by atoms with Crippen molar-refractivity contribution >= 4 is 29.2 Å². The van der Waals surface area contributed by atoms with E-state index in [0.717, 1.165) is 0 Å².